The van der Waals surface area contributed by atoms with Gasteiger partial charge in [0.25, 0.3) is 0 Å². The fourth-order valence-electron chi connectivity index (χ4n) is 4.65. The van der Waals surface area contributed by atoms with Crippen LogP contribution >= 0.6 is 0 Å². The fourth-order valence-corrected chi connectivity index (χ4v) is 4.65. The molecule has 0 spiro atoms. The SMILES string of the molecule is Cn1cc(C(=O)CC2CCCN2C(=O)C2CCN(Cc3ccccc3)CC2)cn1. The molecule has 3 heterocycles. The molecule has 6 heteroatoms. The first-order valence-electron chi connectivity index (χ1n) is 10.7. The van der Waals surface area contributed by atoms with E-state index < -0.39 is 0 Å². The lowest BCUT2D eigenvalue weighted by molar-refractivity contribution is -0.137. The average molecular weight is 395 g/mol. The van der Waals surface area contributed by atoms with Crippen LogP contribution in [0.5, 0.6) is 0 Å². The summed E-state index contributed by atoms with van der Waals surface area (Å²) in [5.41, 5.74) is 1.96. The molecule has 0 aliphatic carbocycles. The van der Waals surface area contributed by atoms with Gasteiger partial charge in [0.2, 0.25) is 5.91 Å². The van der Waals surface area contributed by atoms with Crippen LogP contribution in [0.3, 0.4) is 0 Å². The summed E-state index contributed by atoms with van der Waals surface area (Å²) in [6.07, 6.45) is 7.51. The van der Waals surface area contributed by atoms with Crippen LogP contribution in [0.15, 0.2) is 42.7 Å². The normalized spacial score (nSPS) is 20.9. The molecule has 2 saturated heterocycles. The molecule has 0 saturated carbocycles. The highest BCUT2D eigenvalue weighted by molar-refractivity contribution is 5.96. The third kappa shape index (κ3) is 4.75. The number of hydrogen-bond donors (Lipinski definition) is 0. The summed E-state index contributed by atoms with van der Waals surface area (Å²) < 4.78 is 1.65. The molecule has 1 amide bonds. The highest BCUT2D eigenvalue weighted by Gasteiger charge is 2.35. The first-order chi connectivity index (χ1) is 14.1. The van der Waals surface area contributed by atoms with Crippen molar-refractivity contribution in [2.24, 2.45) is 13.0 Å². The summed E-state index contributed by atoms with van der Waals surface area (Å²) in [5, 5.41) is 4.09. The zero-order chi connectivity index (χ0) is 20.2. The number of piperidine rings is 1. The minimum atomic E-state index is 0.0394. The zero-order valence-corrected chi connectivity index (χ0v) is 17.2. The molecule has 1 aromatic carbocycles. The number of likely N-dealkylation sites (tertiary alicyclic amines) is 2. The van der Waals surface area contributed by atoms with Crippen LogP contribution in [0.25, 0.3) is 0 Å². The third-order valence-corrected chi connectivity index (χ3v) is 6.29. The maximum absolute atomic E-state index is 13.2. The highest BCUT2D eigenvalue weighted by Crippen LogP contribution is 2.28. The van der Waals surface area contributed by atoms with Crippen molar-refractivity contribution in [2.45, 2.75) is 44.7 Å². The highest BCUT2D eigenvalue weighted by atomic mass is 16.2. The summed E-state index contributed by atoms with van der Waals surface area (Å²) in [4.78, 5) is 30.2. The van der Waals surface area contributed by atoms with E-state index in [0.717, 1.165) is 51.9 Å². The third-order valence-electron chi connectivity index (χ3n) is 6.29. The monoisotopic (exact) mass is 394 g/mol. The lowest BCUT2D eigenvalue weighted by Crippen LogP contribution is -2.44. The Kier molecular flexibility index (Phi) is 6.09. The number of nitrogens with zero attached hydrogens (tertiary/aromatic N) is 4. The second-order valence-corrected chi connectivity index (χ2v) is 8.39. The number of aromatic nitrogens is 2. The van der Waals surface area contributed by atoms with Crippen molar-refractivity contribution < 1.29 is 9.59 Å². The zero-order valence-electron chi connectivity index (χ0n) is 17.2. The van der Waals surface area contributed by atoms with E-state index in [1.54, 1.807) is 17.1 Å². The number of rotatable bonds is 6. The number of carbonyl (C=O) groups is 2. The van der Waals surface area contributed by atoms with Crippen molar-refractivity contribution in [3.05, 3.63) is 53.9 Å². The smallest absolute Gasteiger partial charge is 0.226 e. The Morgan fingerprint density at radius 2 is 1.83 bits per heavy atom. The molecule has 0 N–H and O–H groups in total. The molecule has 2 aromatic rings. The van der Waals surface area contributed by atoms with Gasteiger partial charge in [0.05, 0.1) is 11.8 Å². The Morgan fingerprint density at radius 1 is 1.07 bits per heavy atom. The molecule has 1 unspecified atom stereocenters. The quantitative estimate of drug-likeness (QED) is 0.707. The first kappa shape index (κ1) is 19.8. The van der Waals surface area contributed by atoms with Crippen LogP contribution in [0.1, 0.15) is 48.0 Å². The van der Waals surface area contributed by atoms with Gasteiger partial charge < -0.3 is 4.90 Å². The molecule has 2 fully saturated rings. The molecule has 6 nitrogen and oxygen atoms in total. The molecule has 2 aliphatic heterocycles. The molecule has 1 atom stereocenters. The van der Waals surface area contributed by atoms with Crippen molar-refractivity contribution in [1.29, 1.82) is 0 Å². The molecule has 0 radical (unpaired) electrons. The summed E-state index contributed by atoms with van der Waals surface area (Å²) in [6, 6.07) is 10.5. The Morgan fingerprint density at radius 3 is 2.52 bits per heavy atom. The lowest BCUT2D eigenvalue weighted by atomic mass is 9.94. The van der Waals surface area contributed by atoms with Gasteiger partial charge >= 0.3 is 0 Å². The van der Waals surface area contributed by atoms with Crippen LogP contribution in [0, 0.1) is 5.92 Å². The van der Waals surface area contributed by atoms with E-state index >= 15 is 0 Å². The van der Waals surface area contributed by atoms with E-state index in [1.165, 1.54) is 5.56 Å². The van der Waals surface area contributed by atoms with Crippen LogP contribution in [-0.2, 0) is 18.4 Å². The molecule has 0 bridgehead atoms. The minimum Gasteiger partial charge on any atom is -0.339 e. The van der Waals surface area contributed by atoms with E-state index in [9.17, 15) is 9.59 Å². The van der Waals surface area contributed by atoms with E-state index in [4.69, 9.17) is 0 Å². The summed E-state index contributed by atoms with van der Waals surface area (Å²) in [7, 11) is 1.81. The summed E-state index contributed by atoms with van der Waals surface area (Å²) in [6.45, 7) is 3.65. The van der Waals surface area contributed by atoms with Crippen LogP contribution in [-0.4, -0.2) is 56.9 Å². The number of amides is 1. The number of aryl methyl sites for hydroxylation is 1. The van der Waals surface area contributed by atoms with Crippen LogP contribution in [0.2, 0.25) is 0 Å². The van der Waals surface area contributed by atoms with Gasteiger partial charge in [0, 0.05) is 44.7 Å². The van der Waals surface area contributed by atoms with Gasteiger partial charge in [-0.1, -0.05) is 30.3 Å². The first-order valence-corrected chi connectivity index (χ1v) is 10.7. The Hall–Kier alpha value is -2.47. The van der Waals surface area contributed by atoms with Crippen molar-refractivity contribution >= 4 is 11.7 Å². The Balaban J connectivity index is 1.30. The fraction of sp³-hybridized carbons (Fsp3) is 0.522. The Labute approximate surface area is 172 Å². The largest absolute Gasteiger partial charge is 0.339 e. The number of hydrogen-bond acceptors (Lipinski definition) is 4. The number of benzene rings is 1. The van der Waals surface area contributed by atoms with Gasteiger partial charge in [-0.15, -0.1) is 0 Å². The topological polar surface area (TPSA) is 58.4 Å². The van der Waals surface area contributed by atoms with Crippen LogP contribution in [0.4, 0.5) is 0 Å². The second kappa shape index (κ2) is 8.91. The molecule has 29 heavy (non-hydrogen) atoms. The molecule has 4 rings (SSSR count). The Bertz CT molecular complexity index is 840. The van der Waals surface area contributed by atoms with Gasteiger partial charge in [-0.2, -0.15) is 5.10 Å². The number of Topliss-reactive ketones (excluding diaryl/α,β-unsaturated/α-hetero) is 1. The maximum atomic E-state index is 13.2. The molecular formula is C23H30N4O2. The van der Waals surface area contributed by atoms with Crippen LogP contribution < -0.4 is 0 Å². The second-order valence-electron chi connectivity index (χ2n) is 8.39. The minimum absolute atomic E-state index is 0.0394. The molecule has 154 valence electrons. The molecular weight excluding hydrogens is 364 g/mol. The van der Waals surface area contributed by atoms with Gasteiger partial charge in [0.15, 0.2) is 5.78 Å². The maximum Gasteiger partial charge on any atom is 0.226 e. The van der Waals surface area contributed by atoms with Crippen molar-refractivity contribution in [1.82, 2.24) is 19.6 Å². The van der Waals surface area contributed by atoms with Gasteiger partial charge in [0.1, 0.15) is 0 Å². The van der Waals surface area contributed by atoms with Crippen molar-refractivity contribution in [2.75, 3.05) is 19.6 Å². The van der Waals surface area contributed by atoms with Gasteiger partial charge in [-0.05, 0) is 44.3 Å². The average Bonchev–Trinajstić information content (AvgIpc) is 3.38. The van der Waals surface area contributed by atoms with E-state index in [1.807, 2.05) is 18.0 Å². The molecule has 2 aliphatic rings. The van der Waals surface area contributed by atoms with E-state index in [-0.39, 0.29) is 23.7 Å². The van der Waals surface area contributed by atoms with Gasteiger partial charge in [-0.3, -0.25) is 19.2 Å². The van der Waals surface area contributed by atoms with E-state index in [2.05, 4.69) is 34.3 Å². The van der Waals surface area contributed by atoms with Crippen molar-refractivity contribution in [3.8, 4) is 0 Å². The number of ketones is 1. The predicted octanol–water partition coefficient (Wildman–Crippen LogP) is 2.90. The van der Waals surface area contributed by atoms with Crippen molar-refractivity contribution in [3.63, 3.8) is 0 Å². The number of carbonyl (C=O) groups excluding carboxylic acids is 2. The lowest BCUT2D eigenvalue weighted by Gasteiger charge is -2.35. The standard InChI is InChI=1S/C23H30N4O2/c1-25-17-20(15-24-25)22(28)14-21-8-5-11-27(21)23(29)19-9-12-26(13-10-19)16-18-6-3-2-4-7-18/h2-4,6-7,15,17,19,21H,5,8-14,16H2,1H3. The molecule has 1 aromatic heterocycles. The summed E-state index contributed by atoms with van der Waals surface area (Å²) >= 11 is 0. The predicted molar refractivity (Wildman–Crippen MR) is 111 cm³/mol. The van der Waals surface area contributed by atoms with Gasteiger partial charge in [-0.25, -0.2) is 0 Å². The summed E-state index contributed by atoms with van der Waals surface area (Å²) in [5.74, 6) is 0.433. The van der Waals surface area contributed by atoms with E-state index in [0.29, 0.717) is 12.0 Å².